The summed E-state index contributed by atoms with van der Waals surface area (Å²) in [7, 11) is 0. The largest absolute Gasteiger partial charge is 0.492 e. The number of piperidine rings is 1. The van der Waals surface area contributed by atoms with E-state index in [1.807, 2.05) is 6.92 Å². The van der Waals surface area contributed by atoms with Crippen molar-refractivity contribution in [1.29, 1.82) is 0 Å². The first kappa shape index (κ1) is 15.2. The molecule has 5 nitrogen and oxygen atoms in total. The number of hydrogen-bond acceptors (Lipinski definition) is 5. The minimum Gasteiger partial charge on any atom is -0.492 e. The van der Waals surface area contributed by atoms with Crippen LogP contribution in [0.1, 0.15) is 25.3 Å². The molecule has 1 aromatic carbocycles. The molecule has 0 aromatic heterocycles. The first-order valence-corrected chi connectivity index (χ1v) is 8.10. The lowest BCUT2D eigenvalue weighted by molar-refractivity contribution is -0.148. The summed E-state index contributed by atoms with van der Waals surface area (Å²) in [5.41, 5.74) is 8.27. The minimum atomic E-state index is -0.0510. The van der Waals surface area contributed by atoms with Crippen molar-refractivity contribution < 1.29 is 14.3 Å². The predicted octanol–water partition coefficient (Wildman–Crippen LogP) is 1.73. The molecule has 5 heteroatoms. The van der Waals surface area contributed by atoms with Gasteiger partial charge in [-0.25, -0.2) is 0 Å². The van der Waals surface area contributed by atoms with E-state index in [0.717, 1.165) is 43.8 Å². The van der Waals surface area contributed by atoms with Crippen LogP contribution in [0.25, 0.3) is 0 Å². The first-order chi connectivity index (χ1) is 10.7. The van der Waals surface area contributed by atoms with E-state index < -0.39 is 0 Å². The Morgan fingerprint density at radius 2 is 2.18 bits per heavy atom. The van der Waals surface area contributed by atoms with Crippen molar-refractivity contribution >= 4 is 11.7 Å². The number of ether oxygens (including phenoxy) is 2. The van der Waals surface area contributed by atoms with E-state index in [0.29, 0.717) is 13.2 Å². The second-order valence-corrected chi connectivity index (χ2v) is 6.08. The molecule has 3 rings (SSSR count). The van der Waals surface area contributed by atoms with E-state index in [-0.39, 0.29) is 17.9 Å². The smallest absolute Gasteiger partial charge is 0.309 e. The normalized spacial score (nSPS) is 21.9. The number of nitrogens with zero attached hydrogens (tertiary/aromatic N) is 1. The van der Waals surface area contributed by atoms with Crippen molar-refractivity contribution in [3.8, 4) is 5.75 Å². The number of carbonyl (C=O) groups is 1. The maximum atomic E-state index is 11.8. The molecule has 1 saturated heterocycles. The Morgan fingerprint density at radius 3 is 2.91 bits per heavy atom. The monoisotopic (exact) mass is 304 g/mol. The molecular weight excluding hydrogens is 280 g/mol. The van der Waals surface area contributed by atoms with Crippen molar-refractivity contribution in [3.63, 3.8) is 0 Å². The second kappa shape index (κ2) is 6.57. The SMILES string of the molecule is CCOC(=O)C1CCN(c2ccc3c(c2)OC[C@H](N)C3)CC1. The van der Waals surface area contributed by atoms with Gasteiger partial charge in [0, 0.05) is 30.9 Å². The number of fused-ring (bicyclic) bond motifs is 1. The molecule has 2 aliphatic rings. The van der Waals surface area contributed by atoms with Crippen molar-refractivity contribution in [2.75, 3.05) is 31.2 Å². The van der Waals surface area contributed by atoms with Crippen LogP contribution in [0.5, 0.6) is 5.75 Å². The zero-order valence-corrected chi connectivity index (χ0v) is 13.1. The molecule has 2 heterocycles. The van der Waals surface area contributed by atoms with Crippen molar-refractivity contribution in [2.45, 2.75) is 32.2 Å². The fourth-order valence-electron chi connectivity index (χ4n) is 3.21. The van der Waals surface area contributed by atoms with Crippen LogP contribution in [0.4, 0.5) is 5.69 Å². The number of nitrogens with two attached hydrogens (primary N) is 1. The molecule has 1 fully saturated rings. The van der Waals surface area contributed by atoms with Gasteiger partial charge in [0.2, 0.25) is 0 Å². The van der Waals surface area contributed by atoms with Crippen LogP contribution in [-0.2, 0) is 16.0 Å². The lowest BCUT2D eigenvalue weighted by atomic mass is 9.96. The van der Waals surface area contributed by atoms with Crippen LogP contribution in [0.2, 0.25) is 0 Å². The van der Waals surface area contributed by atoms with Gasteiger partial charge in [0.25, 0.3) is 0 Å². The summed E-state index contributed by atoms with van der Waals surface area (Å²) in [5, 5.41) is 0. The third kappa shape index (κ3) is 3.19. The fraction of sp³-hybridized carbons (Fsp3) is 0.588. The molecule has 0 spiro atoms. The van der Waals surface area contributed by atoms with Crippen LogP contribution in [0, 0.1) is 5.92 Å². The zero-order valence-electron chi connectivity index (χ0n) is 13.1. The van der Waals surface area contributed by atoms with Gasteiger partial charge in [-0.1, -0.05) is 6.07 Å². The molecule has 0 aliphatic carbocycles. The van der Waals surface area contributed by atoms with Crippen LogP contribution < -0.4 is 15.4 Å². The Bertz CT molecular complexity index is 539. The molecule has 22 heavy (non-hydrogen) atoms. The summed E-state index contributed by atoms with van der Waals surface area (Å²) in [6.07, 6.45) is 2.57. The Balaban J connectivity index is 1.63. The highest BCUT2D eigenvalue weighted by Gasteiger charge is 2.26. The number of hydrogen-bond donors (Lipinski definition) is 1. The van der Waals surface area contributed by atoms with Crippen molar-refractivity contribution in [3.05, 3.63) is 23.8 Å². The van der Waals surface area contributed by atoms with E-state index in [1.165, 1.54) is 5.56 Å². The van der Waals surface area contributed by atoms with Gasteiger partial charge in [-0.15, -0.1) is 0 Å². The van der Waals surface area contributed by atoms with Crippen molar-refractivity contribution in [1.82, 2.24) is 0 Å². The Labute approximate surface area is 131 Å². The van der Waals surface area contributed by atoms with Gasteiger partial charge in [-0.05, 0) is 37.8 Å². The summed E-state index contributed by atoms with van der Waals surface area (Å²) < 4.78 is 10.9. The molecule has 0 bridgehead atoms. The van der Waals surface area contributed by atoms with Crippen molar-refractivity contribution in [2.24, 2.45) is 11.7 Å². The van der Waals surface area contributed by atoms with Crippen LogP contribution in [0.15, 0.2) is 18.2 Å². The third-order valence-electron chi connectivity index (χ3n) is 4.47. The Kier molecular flexibility index (Phi) is 4.52. The van der Waals surface area contributed by atoms with E-state index in [2.05, 4.69) is 23.1 Å². The minimum absolute atomic E-state index is 0.0445. The van der Waals surface area contributed by atoms with E-state index in [9.17, 15) is 4.79 Å². The average molecular weight is 304 g/mol. The van der Waals surface area contributed by atoms with E-state index >= 15 is 0 Å². The zero-order chi connectivity index (χ0) is 15.5. The third-order valence-corrected chi connectivity index (χ3v) is 4.47. The van der Waals surface area contributed by atoms with E-state index in [1.54, 1.807) is 0 Å². The molecule has 0 radical (unpaired) electrons. The molecular formula is C17H24N2O3. The summed E-state index contributed by atoms with van der Waals surface area (Å²) in [6.45, 7) is 4.65. The molecule has 0 saturated carbocycles. The van der Waals surface area contributed by atoms with Gasteiger partial charge in [-0.2, -0.15) is 0 Å². The van der Waals surface area contributed by atoms with Gasteiger partial charge in [0.1, 0.15) is 12.4 Å². The molecule has 0 unspecified atom stereocenters. The molecule has 2 N–H and O–H groups in total. The van der Waals surface area contributed by atoms with Crippen LogP contribution in [0.3, 0.4) is 0 Å². The van der Waals surface area contributed by atoms with Crippen LogP contribution >= 0.6 is 0 Å². The second-order valence-electron chi connectivity index (χ2n) is 6.08. The molecule has 0 amide bonds. The molecule has 1 atom stereocenters. The lowest BCUT2D eigenvalue weighted by Gasteiger charge is -2.33. The topological polar surface area (TPSA) is 64.8 Å². The number of carbonyl (C=O) groups excluding carboxylic acids is 1. The Hall–Kier alpha value is -1.75. The Morgan fingerprint density at radius 1 is 1.41 bits per heavy atom. The number of esters is 1. The van der Waals surface area contributed by atoms with Gasteiger partial charge < -0.3 is 20.1 Å². The highest BCUT2D eigenvalue weighted by molar-refractivity contribution is 5.73. The summed E-state index contributed by atoms with van der Waals surface area (Å²) >= 11 is 0. The molecule has 2 aliphatic heterocycles. The standard InChI is InChI=1S/C17H24N2O3/c1-2-21-17(20)12-5-7-19(8-6-12)15-4-3-13-9-14(18)11-22-16(13)10-15/h3-4,10,12,14H,2,5-9,11,18H2,1H3/t14-/m1/s1. The van der Waals surface area contributed by atoms with Crippen LogP contribution in [-0.4, -0.2) is 38.3 Å². The quantitative estimate of drug-likeness (QED) is 0.862. The number of rotatable bonds is 3. The lowest BCUT2D eigenvalue weighted by Crippen LogP contribution is -2.37. The highest BCUT2D eigenvalue weighted by Crippen LogP contribution is 2.31. The van der Waals surface area contributed by atoms with Gasteiger partial charge >= 0.3 is 5.97 Å². The van der Waals surface area contributed by atoms with Gasteiger partial charge in [-0.3, -0.25) is 4.79 Å². The summed E-state index contributed by atoms with van der Waals surface area (Å²) in [6, 6.07) is 6.44. The fourth-order valence-corrected chi connectivity index (χ4v) is 3.21. The average Bonchev–Trinajstić information content (AvgIpc) is 2.55. The molecule has 1 aromatic rings. The number of benzene rings is 1. The van der Waals surface area contributed by atoms with Gasteiger partial charge in [0.05, 0.1) is 12.5 Å². The summed E-state index contributed by atoms with van der Waals surface area (Å²) in [4.78, 5) is 14.1. The molecule has 120 valence electrons. The van der Waals surface area contributed by atoms with Gasteiger partial charge in [0.15, 0.2) is 0 Å². The summed E-state index contributed by atoms with van der Waals surface area (Å²) in [5.74, 6) is 0.944. The highest BCUT2D eigenvalue weighted by atomic mass is 16.5. The predicted molar refractivity (Wildman–Crippen MR) is 85.2 cm³/mol. The maximum Gasteiger partial charge on any atom is 0.309 e. The maximum absolute atomic E-state index is 11.8. The number of anilines is 1. The van der Waals surface area contributed by atoms with E-state index in [4.69, 9.17) is 15.2 Å². The first-order valence-electron chi connectivity index (χ1n) is 8.10.